The second-order valence-corrected chi connectivity index (χ2v) is 8.17. The van der Waals surface area contributed by atoms with Crippen molar-refractivity contribution in [3.05, 3.63) is 87.3 Å². The number of anilines is 1. The number of aryl methyl sites for hydroxylation is 1. The molecule has 8 heteroatoms. The zero-order chi connectivity index (χ0) is 22.4. The molecule has 0 aliphatic rings. The van der Waals surface area contributed by atoms with Crippen molar-refractivity contribution in [3.8, 4) is 0 Å². The lowest BCUT2D eigenvalue weighted by Crippen LogP contribution is -2.25. The summed E-state index contributed by atoms with van der Waals surface area (Å²) in [5.41, 5.74) is 2.06. The average Bonchev–Trinajstić information content (AvgIpc) is 2.75. The van der Waals surface area contributed by atoms with Crippen molar-refractivity contribution in [2.45, 2.75) is 31.3 Å². The number of rotatable bonds is 8. The molecule has 162 valence electrons. The molecule has 5 nitrogen and oxygen atoms in total. The summed E-state index contributed by atoms with van der Waals surface area (Å²) in [7, 11) is 1.66. The molecule has 0 saturated heterocycles. The molecule has 31 heavy (non-hydrogen) atoms. The maximum absolute atomic E-state index is 13.6. The first-order valence-electron chi connectivity index (χ1n) is 9.83. The van der Waals surface area contributed by atoms with Crippen LogP contribution in [0.1, 0.15) is 29.7 Å². The van der Waals surface area contributed by atoms with Gasteiger partial charge in [-0.3, -0.25) is 14.2 Å². The maximum atomic E-state index is 13.6. The van der Waals surface area contributed by atoms with Crippen LogP contribution >= 0.6 is 11.8 Å². The van der Waals surface area contributed by atoms with Crippen molar-refractivity contribution in [1.29, 1.82) is 0 Å². The predicted octanol–water partition coefficient (Wildman–Crippen LogP) is 4.47. The van der Waals surface area contributed by atoms with Crippen LogP contribution in [-0.4, -0.2) is 21.2 Å². The Hall–Kier alpha value is -3.00. The summed E-state index contributed by atoms with van der Waals surface area (Å²) in [6.07, 6.45) is 1.17. The topological polar surface area (TPSA) is 64.0 Å². The Balaban J connectivity index is 1.57. The lowest BCUT2D eigenvalue weighted by molar-refractivity contribution is -0.116. The number of aromatic nitrogens is 2. The van der Waals surface area contributed by atoms with Gasteiger partial charge in [-0.25, -0.2) is 13.8 Å². The summed E-state index contributed by atoms with van der Waals surface area (Å²) in [6, 6.07) is 12.1. The van der Waals surface area contributed by atoms with Gasteiger partial charge in [-0.05, 0) is 43.2 Å². The zero-order valence-corrected chi connectivity index (χ0v) is 18.1. The van der Waals surface area contributed by atoms with Gasteiger partial charge >= 0.3 is 0 Å². The molecule has 0 fully saturated rings. The Kier molecular flexibility index (Phi) is 7.57. The van der Waals surface area contributed by atoms with Crippen LogP contribution in [0.15, 0.2) is 58.5 Å². The molecule has 1 aromatic heterocycles. The lowest BCUT2D eigenvalue weighted by Gasteiger charge is -2.12. The number of para-hydroxylation sites is 1. The summed E-state index contributed by atoms with van der Waals surface area (Å²) >= 11 is 1.39. The van der Waals surface area contributed by atoms with Gasteiger partial charge in [0.05, 0.1) is 5.69 Å². The van der Waals surface area contributed by atoms with E-state index in [1.54, 1.807) is 38.2 Å². The quantitative estimate of drug-likeness (QED) is 0.317. The van der Waals surface area contributed by atoms with Crippen molar-refractivity contribution in [2.75, 3.05) is 11.1 Å². The first-order chi connectivity index (χ1) is 14.8. The molecule has 3 aromatic rings. The number of nitrogens with zero attached hydrogens (tertiary/aromatic N) is 2. The van der Waals surface area contributed by atoms with Crippen molar-refractivity contribution >= 4 is 23.4 Å². The van der Waals surface area contributed by atoms with Gasteiger partial charge in [0.15, 0.2) is 5.16 Å². The fraction of sp³-hybridized carbons (Fsp3) is 0.261. The molecule has 0 radical (unpaired) electrons. The fourth-order valence-electron chi connectivity index (χ4n) is 3.04. The van der Waals surface area contributed by atoms with Crippen LogP contribution in [0, 0.1) is 18.6 Å². The third-order valence-corrected chi connectivity index (χ3v) is 5.89. The van der Waals surface area contributed by atoms with Crippen molar-refractivity contribution in [1.82, 2.24) is 9.55 Å². The summed E-state index contributed by atoms with van der Waals surface area (Å²) in [6.45, 7) is 1.78. The highest BCUT2D eigenvalue weighted by molar-refractivity contribution is 7.99. The van der Waals surface area contributed by atoms with Crippen molar-refractivity contribution in [2.24, 2.45) is 7.05 Å². The van der Waals surface area contributed by atoms with Crippen molar-refractivity contribution < 1.29 is 13.6 Å². The minimum atomic E-state index is -0.472. The van der Waals surface area contributed by atoms with Crippen LogP contribution in [-0.2, 0) is 18.3 Å². The minimum absolute atomic E-state index is 0.142. The second kappa shape index (κ2) is 10.3. The third kappa shape index (κ3) is 6.01. The van der Waals surface area contributed by atoms with E-state index in [1.807, 2.05) is 0 Å². The average molecular weight is 444 g/mol. The zero-order valence-electron chi connectivity index (χ0n) is 17.3. The van der Waals surface area contributed by atoms with Gasteiger partial charge in [0.1, 0.15) is 11.6 Å². The van der Waals surface area contributed by atoms with Crippen LogP contribution in [0.5, 0.6) is 0 Å². The van der Waals surface area contributed by atoms with Crippen LogP contribution in [0.4, 0.5) is 14.5 Å². The molecule has 0 aliphatic carbocycles. The molecule has 1 amide bonds. The molecule has 0 saturated carbocycles. The molecule has 0 unspecified atom stereocenters. The van der Waals surface area contributed by atoms with E-state index < -0.39 is 5.82 Å². The molecule has 1 N–H and O–H groups in total. The molecular weight excluding hydrogens is 420 g/mol. The Bertz CT molecular complexity index is 1130. The number of halogens is 2. The van der Waals surface area contributed by atoms with E-state index in [1.165, 1.54) is 40.6 Å². The molecule has 1 heterocycles. The number of thioether (sulfide) groups is 1. The van der Waals surface area contributed by atoms with Crippen LogP contribution in [0.3, 0.4) is 0 Å². The molecule has 3 rings (SSSR count). The number of hydrogen-bond acceptors (Lipinski definition) is 4. The maximum Gasteiger partial charge on any atom is 0.257 e. The summed E-state index contributed by atoms with van der Waals surface area (Å²) in [4.78, 5) is 29.3. The van der Waals surface area contributed by atoms with Gasteiger partial charge < -0.3 is 5.32 Å². The first-order valence-corrected chi connectivity index (χ1v) is 10.8. The first kappa shape index (κ1) is 22.7. The minimum Gasteiger partial charge on any atom is -0.324 e. The third-order valence-electron chi connectivity index (χ3n) is 4.77. The molecular formula is C23H23F2N3O2S. The van der Waals surface area contributed by atoms with Gasteiger partial charge in [0.25, 0.3) is 5.56 Å². The highest BCUT2D eigenvalue weighted by Gasteiger charge is 2.13. The number of carbonyl (C=O) groups excluding carboxylic acids is 1. The van der Waals surface area contributed by atoms with Gasteiger partial charge in [0, 0.05) is 36.9 Å². The molecule has 0 atom stereocenters. The Labute approximate surface area is 183 Å². The lowest BCUT2D eigenvalue weighted by atomic mass is 10.1. The van der Waals surface area contributed by atoms with E-state index in [9.17, 15) is 18.4 Å². The molecule has 0 bridgehead atoms. The van der Waals surface area contributed by atoms with E-state index in [2.05, 4.69) is 10.3 Å². The van der Waals surface area contributed by atoms with Crippen molar-refractivity contribution in [3.63, 3.8) is 0 Å². The van der Waals surface area contributed by atoms with Gasteiger partial charge in [0.2, 0.25) is 5.91 Å². The Morgan fingerprint density at radius 3 is 2.55 bits per heavy atom. The number of hydrogen-bond donors (Lipinski definition) is 1. The fourth-order valence-corrected chi connectivity index (χ4v) is 3.99. The number of benzene rings is 2. The Morgan fingerprint density at radius 1 is 1.13 bits per heavy atom. The molecule has 0 aliphatic heterocycles. The van der Waals surface area contributed by atoms with E-state index in [0.29, 0.717) is 35.0 Å². The van der Waals surface area contributed by atoms with E-state index in [-0.39, 0.29) is 29.4 Å². The van der Waals surface area contributed by atoms with Gasteiger partial charge in [-0.15, -0.1) is 0 Å². The van der Waals surface area contributed by atoms with E-state index >= 15 is 0 Å². The van der Waals surface area contributed by atoms with Crippen LogP contribution < -0.4 is 10.9 Å². The normalized spacial score (nSPS) is 10.8. The highest BCUT2D eigenvalue weighted by Crippen LogP contribution is 2.19. The molecule has 0 spiro atoms. The van der Waals surface area contributed by atoms with Crippen LogP contribution in [0.2, 0.25) is 0 Å². The summed E-state index contributed by atoms with van der Waals surface area (Å²) in [5.74, 6) is -0.471. The van der Waals surface area contributed by atoms with E-state index in [4.69, 9.17) is 0 Å². The highest BCUT2D eigenvalue weighted by atomic mass is 32.2. The monoisotopic (exact) mass is 443 g/mol. The number of nitrogens with one attached hydrogen (secondary N) is 1. The summed E-state index contributed by atoms with van der Waals surface area (Å²) < 4.78 is 28.2. The second-order valence-electron chi connectivity index (χ2n) is 7.11. The van der Waals surface area contributed by atoms with E-state index in [0.717, 1.165) is 5.56 Å². The summed E-state index contributed by atoms with van der Waals surface area (Å²) in [5, 5.41) is 3.12. The van der Waals surface area contributed by atoms with Crippen LogP contribution in [0.25, 0.3) is 0 Å². The number of carbonyl (C=O) groups is 1. The SMILES string of the molecule is Cc1nc(SCCCC(=O)Nc2ccccc2F)n(C)c(=O)c1Cc1ccc(F)cc1. The molecule has 2 aromatic carbocycles. The van der Waals surface area contributed by atoms with Gasteiger partial charge in [-0.1, -0.05) is 36.0 Å². The Morgan fingerprint density at radius 2 is 1.84 bits per heavy atom. The smallest absolute Gasteiger partial charge is 0.257 e. The largest absolute Gasteiger partial charge is 0.324 e. The van der Waals surface area contributed by atoms with Gasteiger partial charge in [-0.2, -0.15) is 0 Å². The predicted molar refractivity (Wildman–Crippen MR) is 118 cm³/mol. The number of amides is 1. The standard InChI is InChI=1S/C23H23F2N3O2S/c1-15-18(14-16-9-11-17(24)12-10-16)22(30)28(2)23(26-15)31-13-5-8-21(29)27-20-7-4-3-6-19(20)25/h3-4,6-7,9-12H,5,8,13-14H2,1-2H3,(H,27,29).